The molecule has 0 saturated carbocycles. The van der Waals surface area contributed by atoms with Crippen molar-refractivity contribution in [3.05, 3.63) is 45.6 Å². The number of nitrogens with zero attached hydrogens (tertiary/aromatic N) is 1. The Hall–Kier alpha value is -2.03. The minimum Gasteiger partial charge on any atom is -0.301 e. The molecule has 1 N–H and O–H groups in total. The highest BCUT2D eigenvalue weighted by Crippen LogP contribution is 2.32. The molecule has 5 heteroatoms. The number of nitrogens with one attached hydrogen (secondary N) is 1. The highest BCUT2D eigenvalue weighted by molar-refractivity contribution is 7.99. The first-order valence-corrected chi connectivity index (χ1v) is 9.14. The minimum absolute atomic E-state index is 0.112. The van der Waals surface area contributed by atoms with E-state index in [1.54, 1.807) is 0 Å². The van der Waals surface area contributed by atoms with Gasteiger partial charge in [0.15, 0.2) is 5.16 Å². The summed E-state index contributed by atoms with van der Waals surface area (Å²) in [4.78, 5) is 20.5. The molecule has 0 amide bonds. The zero-order valence-corrected chi connectivity index (χ0v) is 14.6. The van der Waals surface area contributed by atoms with Crippen LogP contribution in [0.5, 0.6) is 0 Å². The topological polar surface area (TPSA) is 45.8 Å². The van der Waals surface area contributed by atoms with E-state index in [0.29, 0.717) is 22.2 Å². The van der Waals surface area contributed by atoms with Gasteiger partial charge in [-0.2, -0.15) is 0 Å². The summed E-state index contributed by atoms with van der Waals surface area (Å²) in [7, 11) is 0. The average Bonchev–Trinajstić information content (AvgIpc) is 2.97. The molecule has 3 aromatic rings. The van der Waals surface area contributed by atoms with Gasteiger partial charge in [0.1, 0.15) is 4.83 Å². The number of terminal acetylenes is 1. The zero-order chi connectivity index (χ0) is 16.4. The van der Waals surface area contributed by atoms with E-state index >= 15 is 0 Å². The quantitative estimate of drug-likeness (QED) is 0.432. The predicted molar refractivity (Wildman–Crippen MR) is 99.3 cm³/mol. The molecule has 0 aliphatic heterocycles. The first kappa shape index (κ1) is 15.9. The van der Waals surface area contributed by atoms with Gasteiger partial charge in [-0.1, -0.05) is 55.8 Å². The number of hydrogen-bond donors (Lipinski definition) is 1. The Bertz CT molecular complexity index is 930. The van der Waals surface area contributed by atoms with Crippen LogP contribution in [0.2, 0.25) is 0 Å². The van der Waals surface area contributed by atoms with Crippen molar-refractivity contribution in [2.75, 3.05) is 5.75 Å². The smallest absolute Gasteiger partial charge is 0.260 e. The van der Waals surface area contributed by atoms with Gasteiger partial charge in [0.05, 0.1) is 11.1 Å². The lowest BCUT2D eigenvalue weighted by Crippen LogP contribution is -2.08. The summed E-state index contributed by atoms with van der Waals surface area (Å²) in [6.45, 7) is 4.33. The molecule has 116 valence electrons. The van der Waals surface area contributed by atoms with E-state index in [-0.39, 0.29) is 5.56 Å². The maximum Gasteiger partial charge on any atom is 0.260 e. The number of thioether (sulfide) groups is 1. The number of hydrogen-bond acceptors (Lipinski definition) is 4. The summed E-state index contributed by atoms with van der Waals surface area (Å²) in [5, 5.41) is 3.22. The van der Waals surface area contributed by atoms with Gasteiger partial charge >= 0.3 is 0 Å². The van der Waals surface area contributed by atoms with Crippen molar-refractivity contribution in [3.63, 3.8) is 0 Å². The van der Waals surface area contributed by atoms with Crippen molar-refractivity contribution in [2.45, 2.75) is 24.9 Å². The Morgan fingerprint density at radius 3 is 2.74 bits per heavy atom. The molecular weight excluding hydrogens is 324 g/mol. The molecule has 3 rings (SSSR count). The highest BCUT2D eigenvalue weighted by Gasteiger charge is 2.13. The first-order valence-electron chi connectivity index (χ1n) is 7.28. The molecule has 0 atom stereocenters. The van der Waals surface area contributed by atoms with E-state index in [1.807, 2.05) is 5.38 Å². The number of benzene rings is 1. The van der Waals surface area contributed by atoms with Crippen LogP contribution in [-0.2, 0) is 0 Å². The molecule has 0 spiro atoms. The van der Waals surface area contributed by atoms with Crippen LogP contribution in [0.25, 0.3) is 21.3 Å². The van der Waals surface area contributed by atoms with E-state index < -0.39 is 0 Å². The van der Waals surface area contributed by atoms with Gasteiger partial charge in [0.25, 0.3) is 5.56 Å². The fourth-order valence-electron chi connectivity index (χ4n) is 2.37. The van der Waals surface area contributed by atoms with Crippen molar-refractivity contribution >= 4 is 33.3 Å². The van der Waals surface area contributed by atoms with Crippen LogP contribution in [0, 0.1) is 12.3 Å². The molecule has 2 aromatic heterocycles. The summed E-state index contributed by atoms with van der Waals surface area (Å²) in [5.41, 5.74) is 3.14. The summed E-state index contributed by atoms with van der Waals surface area (Å²) in [6, 6.07) is 8.36. The molecule has 1 aromatic carbocycles. The van der Waals surface area contributed by atoms with E-state index in [2.05, 4.69) is 54.0 Å². The van der Waals surface area contributed by atoms with Crippen molar-refractivity contribution in [2.24, 2.45) is 0 Å². The van der Waals surface area contributed by atoms with Crippen LogP contribution in [0.1, 0.15) is 25.3 Å². The Kier molecular flexibility index (Phi) is 4.56. The molecular formula is C18H16N2OS2. The molecule has 3 nitrogen and oxygen atoms in total. The van der Waals surface area contributed by atoms with E-state index in [4.69, 9.17) is 6.42 Å². The van der Waals surface area contributed by atoms with Gasteiger partial charge in [0.2, 0.25) is 0 Å². The molecule has 23 heavy (non-hydrogen) atoms. The second-order valence-corrected chi connectivity index (χ2v) is 7.29. The monoisotopic (exact) mass is 340 g/mol. The van der Waals surface area contributed by atoms with Crippen molar-refractivity contribution < 1.29 is 0 Å². The number of rotatable bonds is 4. The molecule has 0 bridgehead atoms. The fourth-order valence-corrected chi connectivity index (χ4v) is 3.91. The minimum atomic E-state index is -0.112. The van der Waals surface area contributed by atoms with Crippen LogP contribution in [0.4, 0.5) is 0 Å². The molecule has 0 saturated heterocycles. The largest absolute Gasteiger partial charge is 0.301 e. The van der Waals surface area contributed by atoms with E-state index in [9.17, 15) is 4.79 Å². The lowest BCUT2D eigenvalue weighted by molar-refractivity contribution is 0.867. The number of aromatic nitrogens is 2. The van der Waals surface area contributed by atoms with Gasteiger partial charge in [-0.25, -0.2) is 4.98 Å². The first-order chi connectivity index (χ1) is 11.1. The van der Waals surface area contributed by atoms with Crippen LogP contribution in [0.15, 0.2) is 39.6 Å². The van der Waals surface area contributed by atoms with Crippen LogP contribution < -0.4 is 5.56 Å². The van der Waals surface area contributed by atoms with Crippen LogP contribution in [0.3, 0.4) is 0 Å². The lowest BCUT2D eigenvalue weighted by atomic mass is 9.99. The SMILES string of the molecule is C#CCSc1nc2scc(-c3ccc(C(C)C)cc3)c2c(=O)[nH]1. The number of aromatic amines is 1. The molecule has 0 fully saturated rings. The summed E-state index contributed by atoms with van der Waals surface area (Å²) < 4.78 is 0. The molecule has 2 heterocycles. The second kappa shape index (κ2) is 6.61. The standard InChI is InChI=1S/C18H16N2OS2/c1-4-9-22-18-19-16(21)15-14(10-23-17(15)20-18)13-7-5-12(6-8-13)11(2)3/h1,5-8,10-11H,9H2,2-3H3,(H,19,20,21). The fraction of sp³-hybridized carbons (Fsp3) is 0.222. The maximum atomic E-state index is 12.4. The lowest BCUT2D eigenvalue weighted by Gasteiger charge is -2.06. The zero-order valence-electron chi connectivity index (χ0n) is 12.9. The maximum absolute atomic E-state index is 12.4. The second-order valence-electron chi connectivity index (χ2n) is 5.47. The van der Waals surface area contributed by atoms with Crippen molar-refractivity contribution in [3.8, 4) is 23.5 Å². The molecule has 0 aliphatic carbocycles. The van der Waals surface area contributed by atoms with Crippen molar-refractivity contribution in [1.82, 2.24) is 9.97 Å². The Balaban J connectivity index is 2.06. The summed E-state index contributed by atoms with van der Waals surface area (Å²) in [6.07, 6.45) is 5.25. The van der Waals surface area contributed by atoms with Gasteiger partial charge in [0, 0.05) is 10.9 Å². The Morgan fingerprint density at radius 1 is 1.35 bits per heavy atom. The predicted octanol–water partition coefficient (Wildman–Crippen LogP) is 4.50. The van der Waals surface area contributed by atoms with E-state index in [1.165, 1.54) is 28.7 Å². The van der Waals surface area contributed by atoms with Crippen molar-refractivity contribution in [1.29, 1.82) is 0 Å². The van der Waals surface area contributed by atoms with Gasteiger partial charge in [-0.15, -0.1) is 17.8 Å². The van der Waals surface area contributed by atoms with Gasteiger partial charge < -0.3 is 4.98 Å². The third-order valence-corrected chi connectivity index (χ3v) is 5.25. The van der Waals surface area contributed by atoms with Crippen LogP contribution >= 0.6 is 23.1 Å². The number of fused-ring (bicyclic) bond motifs is 1. The Labute approximate surface area is 143 Å². The Morgan fingerprint density at radius 2 is 2.09 bits per heavy atom. The molecule has 0 aliphatic rings. The molecule has 0 unspecified atom stereocenters. The normalized spacial score (nSPS) is 11.0. The average molecular weight is 340 g/mol. The van der Waals surface area contributed by atoms with Gasteiger partial charge in [-0.3, -0.25) is 4.79 Å². The number of thiophene rings is 1. The molecule has 0 radical (unpaired) electrons. The highest BCUT2D eigenvalue weighted by atomic mass is 32.2. The van der Waals surface area contributed by atoms with Crippen LogP contribution in [-0.4, -0.2) is 15.7 Å². The third kappa shape index (κ3) is 3.19. The number of H-pyrrole nitrogens is 1. The third-order valence-electron chi connectivity index (χ3n) is 3.60. The van der Waals surface area contributed by atoms with Gasteiger partial charge in [-0.05, 0) is 17.0 Å². The summed E-state index contributed by atoms with van der Waals surface area (Å²) in [5.74, 6) is 3.51. The summed E-state index contributed by atoms with van der Waals surface area (Å²) >= 11 is 2.85. The van der Waals surface area contributed by atoms with E-state index in [0.717, 1.165) is 16.0 Å².